The zero-order valence-electron chi connectivity index (χ0n) is 29.7. The molecule has 2 fully saturated rings. The van der Waals surface area contributed by atoms with E-state index in [2.05, 4.69) is 59.8 Å². The molecule has 7 rings (SSSR count). The van der Waals surface area contributed by atoms with Crippen LogP contribution in [-0.2, 0) is 33.9 Å². The number of urea groups is 1. The van der Waals surface area contributed by atoms with Gasteiger partial charge < -0.3 is 25.6 Å². The molecule has 5 heterocycles. The first-order valence-electron chi connectivity index (χ1n) is 17.6. The molecule has 4 atom stereocenters. The molecule has 1 saturated heterocycles. The smallest absolute Gasteiger partial charge is 0.314 e. The molecule has 2 aliphatic heterocycles. The van der Waals surface area contributed by atoms with E-state index >= 15 is 0 Å². The number of anilines is 1. The molecule has 14 nitrogen and oxygen atoms in total. The van der Waals surface area contributed by atoms with Gasteiger partial charge in [-0.15, -0.1) is 0 Å². The summed E-state index contributed by atoms with van der Waals surface area (Å²) in [6.45, 7) is 6.24. The summed E-state index contributed by atoms with van der Waals surface area (Å²) in [5, 5.41) is 14.4. The average Bonchev–Trinajstić information content (AvgIpc) is 3.37. The molecule has 52 heavy (non-hydrogen) atoms. The number of methoxy groups -OCH3 is 1. The maximum atomic E-state index is 14.6. The molecule has 272 valence electrons. The van der Waals surface area contributed by atoms with Crippen molar-refractivity contribution in [3.63, 3.8) is 0 Å². The summed E-state index contributed by atoms with van der Waals surface area (Å²) in [6, 6.07) is 6.17. The van der Waals surface area contributed by atoms with Crippen LogP contribution in [0.4, 0.5) is 10.6 Å². The summed E-state index contributed by atoms with van der Waals surface area (Å²) < 4.78 is 7.51. The van der Waals surface area contributed by atoms with Gasteiger partial charge in [-0.05, 0) is 83.8 Å². The third-order valence-electron chi connectivity index (χ3n) is 10.8. The molecule has 0 spiro atoms. The number of hydrogen-bond donors (Lipinski definition) is 3. The van der Waals surface area contributed by atoms with E-state index in [1.807, 2.05) is 19.1 Å². The van der Waals surface area contributed by atoms with Crippen LogP contribution < -0.4 is 16.0 Å². The SMILES string of the molecule is COCc1ccc(Br)nc1NC(=O)[C@@H]1C[C@]23CNC(=O)NCCCCCc4cc(-c5cnc(C)nc5)cc5c(C(C)=O)nn(c45)CC(=O)N1C2[C@@H]3C. The van der Waals surface area contributed by atoms with Crippen LogP contribution in [0.5, 0.6) is 0 Å². The Labute approximate surface area is 309 Å². The number of pyridine rings is 1. The number of hydrogen-bond acceptors (Lipinski definition) is 9. The van der Waals surface area contributed by atoms with Gasteiger partial charge >= 0.3 is 6.03 Å². The van der Waals surface area contributed by atoms with E-state index in [9.17, 15) is 19.2 Å². The van der Waals surface area contributed by atoms with E-state index in [0.717, 1.165) is 36.0 Å². The molecule has 3 N–H and O–H groups in total. The number of nitrogens with zero attached hydrogens (tertiary/aromatic N) is 6. The maximum Gasteiger partial charge on any atom is 0.314 e. The number of aryl methyl sites for hydroxylation is 2. The number of rotatable bonds is 6. The molecular formula is C37H42BrN9O5. The lowest BCUT2D eigenvalue weighted by Gasteiger charge is -2.28. The van der Waals surface area contributed by atoms with E-state index in [1.54, 1.807) is 35.2 Å². The Bertz CT molecular complexity index is 2070. The molecule has 4 amide bonds. The fourth-order valence-corrected chi connectivity index (χ4v) is 8.40. The third-order valence-corrected chi connectivity index (χ3v) is 11.2. The van der Waals surface area contributed by atoms with Gasteiger partial charge in [-0.3, -0.25) is 19.1 Å². The number of ketones is 1. The quantitative estimate of drug-likeness (QED) is 0.187. The average molecular weight is 773 g/mol. The van der Waals surface area contributed by atoms with Crippen LogP contribution in [0.3, 0.4) is 0 Å². The zero-order chi connectivity index (χ0) is 36.7. The Morgan fingerprint density at radius 2 is 1.88 bits per heavy atom. The summed E-state index contributed by atoms with van der Waals surface area (Å²) in [5.41, 5.74) is 3.78. The van der Waals surface area contributed by atoms with Crippen LogP contribution in [0, 0.1) is 18.3 Å². The highest BCUT2D eigenvalue weighted by Crippen LogP contribution is 2.64. The molecule has 15 heteroatoms. The molecule has 3 aromatic heterocycles. The van der Waals surface area contributed by atoms with Crippen LogP contribution in [-0.4, -0.2) is 85.5 Å². The van der Waals surface area contributed by atoms with Crippen molar-refractivity contribution in [3.05, 3.63) is 63.9 Å². The van der Waals surface area contributed by atoms with Gasteiger partial charge in [0.2, 0.25) is 11.8 Å². The minimum atomic E-state index is -0.838. The predicted molar refractivity (Wildman–Crippen MR) is 196 cm³/mol. The molecule has 1 unspecified atom stereocenters. The molecule has 2 bridgehead atoms. The Morgan fingerprint density at radius 1 is 1.10 bits per heavy atom. The Kier molecular flexibility index (Phi) is 9.83. The first-order chi connectivity index (χ1) is 25.0. The van der Waals surface area contributed by atoms with Crippen LogP contribution in [0.25, 0.3) is 22.0 Å². The second kappa shape index (κ2) is 14.3. The highest BCUT2D eigenvalue weighted by molar-refractivity contribution is 9.10. The van der Waals surface area contributed by atoms with Crippen LogP contribution >= 0.6 is 15.9 Å². The summed E-state index contributed by atoms with van der Waals surface area (Å²) in [6.07, 6.45) is 6.99. The normalized spacial score (nSPS) is 23.4. The van der Waals surface area contributed by atoms with Gasteiger partial charge in [0.1, 0.15) is 34.5 Å². The summed E-state index contributed by atoms with van der Waals surface area (Å²) >= 11 is 3.39. The predicted octanol–water partition coefficient (Wildman–Crippen LogP) is 4.58. The van der Waals surface area contributed by atoms with Crippen molar-refractivity contribution in [2.24, 2.45) is 11.3 Å². The number of aromatic nitrogens is 5. The van der Waals surface area contributed by atoms with Crippen LogP contribution in [0.15, 0.2) is 41.3 Å². The van der Waals surface area contributed by atoms with Gasteiger partial charge in [-0.2, -0.15) is 5.10 Å². The fourth-order valence-electron chi connectivity index (χ4n) is 8.09. The fraction of sp³-hybridized carbons (Fsp3) is 0.459. The number of carbonyl (C=O) groups excluding carboxylic acids is 4. The number of piperidine rings is 1. The van der Waals surface area contributed by atoms with E-state index in [4.69, 9.17) is 9.84 Å². The number of benzene rings is 1. The number of amides is 4. The van der Waals surface area contributed by atoms with Crippen molar-refractivity contribution in [1.82, 2.24) is 40.3 Å². The lowest BCUT2D eigenvalue weighted by Crippen LogP contribution is -2.47. The summed E-state index contributed by atoms with van der Waals surface area (Å²) in [4.78, 5) is 69.7. The Balaban J connectivity index is 1.30. The topological polar surface area (TPSA) is 173 Å². The van der Waals surface area contributed by atoms with Gasteiger partial charge in [-0.1, -0.05) is 19.4 Å². The Morgan fingerprint density at radius 3 is 2.63 bits per heavy atom. The summed E-state index contributed by atoms with van der Waals surface area (Å²) in [7, 11) is 1.56. The first-order valence-corrected chi connectivity index (χ1v) is 18.4. The highest BCUT2D eigenvalue weighted by Gasteiger charge is 2.72. The van der Waals surface area contributed by atoms with E-state index < -0.39 is 11.5 Å². The highest BCUT2D eigenvalue weighted by atomic mass is 79.9. The number of halogens is 1. The van der Waals surface area contributed by atoms with Gasteiger partial charge in [0.25, 0.3) is 0 Å². The van der Waals surface area contributed by atoms with Gasteiger partial charge in [0.05, 0.1) is 12.1 Å². The standard InChI is InChI=1S/C37H42BrN9O5/c1-20-33-37(20)14-28(35(50)44-34-24(18-52-4)9-10-29(38)43-34)47(33)30(49)17-46-32-23(8-6-5-7-11-39-36(51)42-19-37)12-25(26-15-40-22(3)41-16-26)13-27(32)31(45-46)21(2)48/h9-10,12-13,15-16,20,28,33H,5-8,11,14,17-19H2,1-4H3,(H2,39,42,51)(H,43,44,50)/t20-,28-,33?,37+/m0/s1. The minimum absolute atomic E-state index is 0.0322. The van der Waals surface area contributed by atoms with Gasteiger partial charge in [-0.25, -0.2) is 19.7 Å². The number of ether oxygens (including phenoxy) is 1. The molecule has 0 radical (unpaired) electrons. The molecule has 4 aromatic rings. The van der Waals surface area contributed by atoms with Crippen molar-refractivity contribution >= 4 is 56.3 Å². The molecular weight excluding hydrogens is 730 g/mol. The summed E-state index contributed by atoms with van der Waals surface area (Å²) in [5.74, 6) is 0.125. The van der Waals surface area contributed by atoms with Crippen molar-refractivity contribution in [2.75, 3.05) is 25.5 Å². The molecule has 1 saturated carbocycles. The second-order valence-electron chi connectivity index (χ2n) is 14.1. The van der Waals surface area contributed by atoms with E-state index in [0.29, 0.717) is 58.6 Å². The number of carbonyl (C=O) groups is 4. The number of Topliss-reactive ketones (excluding diaryl/α,β-unsaturated/α-hetero) is 1. The first kappa shape index (κ1) is 35.6. The molecule has 1 aliphatic carbocycles. The van der Waals surface area contributed by atoms with Crippen LogP contribution in [0.2, 0.25) is 0 Å². The Hall–Kier alpha value is -4.76. The van der Waals surface area contributed by atoms with Gasteiger partial charge in [0, 0.05) is 67.5 Å². The minimum Gasteiger partial charge on any atom is -0.380 e. The second-order valence-corrected chi connectivity index (χ2v) is 14.9. The van der Waals surface area contributed by atoms with Gasteiger partial charge in [0.15, 0.2) is 5.78 Å². The lowest BCUT2D eigenvalue weighted by molar-refractivity contribution is -0.139. The largest absolute Gasteiger partial charge is 0.380 e. The van der Waals surface area contributed by atoms with Crippen molar-refractivity contribution in [2.45, 2.75) is 78.1 Å². The van der Waals surface area contributed by atoms with E-state index in [-0.39, 0.29) is 54.4 Å². The lowest BCUT2D eigenvalue weighted by atomic mass is 9.95. The van der Waals surface area contributed by atoms with Crippen molar-refractivity contribution in [3.8, 4) is 11.1 Å². The third kappa shape index (κ3) is 6.67. The molecule has 1 aromatic carbocycles. The zero-order valence-corrected chi connectivity index (χ0v) is 31.2. The molecule has 3 aliphatic rings. The van der Waals surface area contributed by atoms with Crippen molar-refractivity contribution < 1.29 is 23.9 Å². The monoisotopic (exact) mass is 771 g/mol. The van der Waals surface area contributed by atoms with Crippen LogP contribution in [0.1, 0.15) is 67.0 Å². The van der Waals surface area contributed by atoms with Crippen molar-refractivity contribution in [1.29, 1.82) is 0 Å². The maximum absolute atomic E-state index is 14.6. The van der Waals surface area contributed by atoms with E-state index in [1.165, 1.54) is 6.92 Å². The number of nitrogens with one attached hydrogen (secondary N) is 3.